The summed E-state index contributed by atoms with van der Waals surface area (Å²) in [5, 5.41) is 2.53. The molecule has 2 aromatic rings. The standard InChI is InChI=1S/C22H26N2O7S/c1-2-30-21(26)12-7-13-23-20(25)16-31-22(27)18-10-6-11-19(14-18)32(28,29)24-15-17-8-4-3-5-9-17/h3-6,8-11,14,24H,2,7,12-13,15-16H2,1H3,(H,23,25). The molecule has 10 heteroatoms. The minimum atomic E-state index is -3.85. The predicted molar refractivity (Wildman–Crippen MR) is 116 cm³/mol. The molecule has 0 aliphatic carbocycles. The minimum absolute atomic E-state index is 0.00250. The van der Waals surface area contributed by atoms with E-state index in [4.69, 9.17) is 9.47 Å². The summed E-state index contributed by atoms with van der Waals surface area (Å²) >= 11 is 0. The molecule has 0 bridgehead atoms. The number of benzene rings is 2. The Balaban J connectivity index is 1.83. The van der Waals surface area contributed by atoms with E-state index >= 15 is 0 Å². The van der Waals surface area contributed by atoms with Gasteiger partial charge in [0.15, 0.2) is 6.61 Å². The zero-order chi connectivity index (χ0) is 23.4. The first kappa shape index (κ1) is 25.0. The summed E-state index contributed by atoms with van der Waals surface area (Å²) in [4.78, 5) is 35.1. The van der Waals surface area contributed by atoms with Crippen molar-refractivity contribution in [3.8, 4) is 0 Å². The average molecular weight is 463 g/mol. The van der Waals surface area contributed by atoms with Crippen LogP contribution in [-0.2, 0) is 35.6 Å². The molecule has 2 N–H and O–H groups in total. The van der Waals surface area contributed by atoms with Crippen LogP contribution in [0.25, 0.3) is 0 Å². The highest BCUT2D eigenvalue weighted by Crippen LogP contribution is 2.13. The SMILES string of the molecule is CCOC(=O)CCCNC(=O)COC(=O)c1cccc(S(=O)(=O)NCc2ccccc2)c1. The van der Waals surface area contributed by atoms with Crippen LogP contribution in [0.2, 0.25) is 0 Å². The largest absolute Gasteiger partial charge is 0.466 e. The van der Waals surface area contributed by atoms with E-state index in [1.807, 2.05) is 6.07 Å². The number of esters is 2. The van der Waals surface area contributed by atoms with Crippen molar-refractivity contribution < 1.29 is 32.3 Å². The van der Waals surface area contributed by atoms with Crippen molar-refractivity contribution in [1.82, 2.24) is 10.0 Å². The van der Waals surface area contributed by atoms with E-state index in [1.54, 1.807) is 31.2 Å². The Hall–Kier alpha value is -3.24. The van der Waals surface area contributed by atoms with Crippen LogP contribution < -0.4 is 10.0 Å². The van der Waals surface area contributed by atoms with E-state index in [0.717, 1.165) is 5.56 Å². The Morgan fingerprint density at radius 3 is 2.44 bits per heavy atom. The number of carbonyl (C=O) groups is 3. The lowest BCUT2D eigenvalue weighted by atomic mass is 10.2. The number of hydrogen-bond acceptors (Lipinski definition) is 7. The molecular formula is C22H26N2O7S. The van der Waals surface area contributed by atoms with Crippen LogP contribution in [0.1, 0.15) is 35.7 Å². The first-order valence-electron chi connectivity index (χ1n) is 10.0. The summed E-state index contributed by atoms with van der Waals surface area (Å²) in [5.41, 5.74) is 0.794. The molecule has 32 heavy (non-hydrogen) atoms. The lowest BCUT2D eigenvalue weighted by Crippen LogP contribution is -2.30. The highest BCUT2D eigenvalue weighted by atomic mass is 32.2. The summed E-state index contributed by atoms with van der Waals surface area (Å²) in [7, 11) is -3.85. The zero-order valence-electron chi connectivity index (χ0n) is 17.7. The maximum Gasteiger partial charge on any atom is 0.338 e. The molecule has 0 aliphatic heterocycles. The smallest absolute Gasteiger partial charge is 0.338 e. The van der Waals surface area contributed by atoms with E-state index in [-0.39, 0.29) is 35.9 Å². The van der Waals surface area contributed by atoms with Crippen LogP contribution in [0.3, 0.4) is 0 Å². The number of amides is 1. The van der Waals surface area contributed by atoms with Gasteiger partial charge < -0.3 is 14.8 Å². The van der Waals surface area contributed by atoms with Crippen molar-refractivity contribution in [1.29, 1.82) is 0 Å². The van der Waals surface area contributed by atoms with Gasteiger partial charge in [0.1, 0.15) is 0 Å². The Labute approximate surface area is 187 Å². The van der Waals surface area contributed by atoms with Crippen molar-refractivity contribution in [2.75, 3.05) is 19.8 Å². The first-order valence-corrected chi connectivity index (χ1v) is 11.5. The lowest BCUT2D eigenvalue weighted by molar-refractivity contribution is -0.143. The van der Waals surface area contributed by atoms with Gasteiger partial charge in [0, 0.05) is 19.5 Å². The fourth-order valence-electron chi connectivity index (χ4n) is 2.61. The average Bonchev–Trinajstić information content (AvgIpc) is 2.80. The molecule has 2 aromatic carbocycles. The van der Waals surface area contributed by atoms with E-state index < -0.39 is 28.5 Å². The number of sulfonamides is 1. The summed E-state index contributed by atoms with van der Waals surface area (Å²) in [6, 6.07) is 14.4. The van der Waals surface area contributed by atoms with Gasteiger partial charge in [-0.25, -0.2) is 17.9 Å². The van der Waals surface area contributed by atoms with E-state index in [2.05, 4.69) is 10.0 Å². The first-order chi connectivity index (χ1) is 15.3. The van der Waals surface area contributed by atoms with Crippen molar-refractivity contribution in [2.24, 2.45) is 0 Å². The second-order valence-electron chi connectivity index (χ2n) is 6.67. The van der Waals surface area contributed by atoms with Crippen LogP contribution in [0, 0.1) is 0 Å². The third-order valence-corrected chi connectivity index (χ3v) is 5.61. The quantitative estimate of drug-likeness (QED) is 0.363. The van der Waals surface area contributed by atoms with Crippen LogP contribution in [0.15, 0.2) is 59.5 Å². The van der Waals surface area contributed by atoms with E-state index in [9.17, 15) is 22.8 Å². The van der Waals surface area contributed by atoms with Gasteiger partial charge in [-0.3, -0.25) is 9.59 Å². The third kappa shape index (κ3) is 8.48. The molecule has 1 amide bonds. The summed E-state index contributed by atoms with van der Waals surface area (Å²) in [5.74, 6) is -1.71. The molecular weight excluding hydrogens is 436 g/mol. The summed E-state index contributed by atoms with van der Waals surface area (Å²) < 4.78 is 37.2. The van der Waals surface area contributed by atoms with Gasteiger partial charge >= 0.3 is 11.9 Å². The van der Waals surface area contributed by atoms with Crippen molar-refractivity contribution >= 4 is 27.9 Å². The Morgan fingerprint density at radius 1 is 0.969 bits per heavy atom. The summed E-state index contributed by atoms with van der Waals surface area (Å²) in [6.07, 6.45) is 0.571. The molecule has 0 fully saturated rings. The minimum Gasteiger partial charge on any atom is -0.466 e. The highest BCUT2D eigenvalue weighted by Gasteiger charge is 2.17. The predicted octanol–water partition coefficient (Wildman–Crippen LogP) is 1.78. The molecule has 0 saturated heterocycles. The van der Waals surface area contributed by atoms with Gasteiger partial charge in [0.2, 0.25) is 10.0 Å². The third-order valence-electron chi connectivity index (χ3n) is 4.21. The maximum atomic E-state index is 12.5. The Morgan fingerprint density at radius 2 is 1.72 bits per heavy atom. The maximum absolute atomic E-state index is 12.5. The molecule has 0 aromatic heterocycles. The van der Waals surface area contributed by atoms with Gasteiger partial charge in [0.05, 0.1) is 17.1 Å². The number of rotatable bonds is 12. The van der Waals surface area contributed by atoms with E-state index in [1.165, 1.54) is 24.3 Å². The van der Waals surface area contributed by atoms with E-state index in [0.29, 0.717) is 13.0 Å². The molecule has 0 spiro atoms. The topological polar surface area (TPSA) is 128 Å². The molecule has 9 nitrogen and oxygen atoms in total. The van der Waals surface area contributed by atoms with Crippen LogP contribution in [0.5, 0.6) is 0 Å². The number of nitrogens with one attached hydrogen (secondary N) is 2. The number of carbonyl (C=O) groups excluding carboxylic acids is 3. The Kier molecular flexibility index (Phi) is 9.83. The molecule has 2 rings (SSSR count). The van der Waals surface area contributed by atoms with Gasteiger partial charge in [-0.1, -0.05) is 36.4 Å². The molecule has 0 aliphatic rings. The Bertz CT molecular complexity index is 1020. The fourth-order valence-corrected chi connectivity index (χ4v) is 3.67. The highest BCUT2D eigenvalue weighted by molar-refractivity contribution is 7.89. The second-order valence-corrected chi connectivity index (χ2v) is 8.44. The number of ether oxygens (including phenoxy) is 2. The number of hydrogen-bond donors (Lipinski definition) is 2. The van der Waals surface area contributed by atoms with Crippen LogP contribution in [-0.4, -0.2) is 46.0 Å². The van der Waals surface area contributed by atoms with Gasteiger partial charge in [0.25, 0.3) is 5.91 Å². The zero-order valence-corrected chi connectivity index (χ0v) is 18.5. The molecule has 0 heterocycles. The normalized spacial score (nSPS) is 10.9. The summed E-state index contributed by atoms with van der Waals surface area (Å²) in [6.45, 7) is 1.82. The molecule has 0 atom stereocenters. The van der Waals surface area contributed by atoms with Gasteiger partial charge in [-0.15, -0.1) is 0 Å². The van der Waals surface area contributed by atoms with Crippen molar-refractivity contribution in [3.05, 3.63) is 65.7 Å². The molecule has 0 unspecified atom stereocenters. The lowest BCUT2D eigenvalue weighted by Gasteiger charge is -2.09. The van der Waals surface area contributed by atoms with Gasteiger partial charge in [-0.05, 0) is 37.1 Å². The molecule has 0 saturated carbocycles. The van der Waals surface area contributed by atoms with Gasteiger partial charge in [-0.2, -0.15) is 0 Å². The van der Waals surface area contributed by atoms with Crippen molar-refractivity contribution in [2.45, 2.75) is 31.2 Å². The van der Waals surface area contributed by atoms with Crippen molar-refractivity contribution in [3.63, 3.8) is 0 Å². The fraction of sp³-hybridized carbons (Fsp3) is 0.318. The molecule has 172 valence electrons. The monoisotopic (exact) mass is 462 g/mol. The van der Waals surface area contributed by atoms with Crippen LogP contribution in [0.4, 0.5) is 0 Å². The molecule has 0 radical (unpaired) electrons. The second kappa shape index (κ2) is 12.6. The van der Waals surface area contributed by atoms with Crippen LogP contribution >= 0.6 is 0 Å².